The van der Waals surface area contributed by atoms with E-state index in [9.17, 15) is 13.2 Å². The van der Waals surface area contributed by atoms with Gasteiger partial charge in [-0.05, 0) is 44.7 Å². The zero-order valence-electron chi connectivity index (χ0n) is 13.3. The van der Waals surface area contributed by atoms with Crippen molar-refractivity contribution < 1.29 is 17.6 Å². The Morgan fingerprint density at radius 1 is 1.26 bits per heavy atom. The molecule has 128 valence electrons. The number of nitrogens with two attached hydrogens (primary N) is 1. The van der Waals surface area contributed by atoms with Crippen molar-refractivity contribution in [2.24, 2.45) is 11.7 Å². The molecule has 0 spiro atoms. The Hall–Kier alpha value is -1.38. The van der Waals surface area contributed by atoms with Crippen molar-refractivity contribution >= 4 is 16.1 Å². The van der Waals surface area contributed by atoms with Crippen LogP contribution in [-0.4, -0.2) is 42.6 Å². The van der Waals surface area contributed by atoms with Gasteiger partial charge in [0.25, 0.3) is 10.2 Å². The number of nitrogens with zero attached hydrogens (tertiary/aromatic N) is 2. The zero-order chi connectivity index (χ0) is 16.6. The number of amides is 1. The van der Waals surface area contributed by atoms with Crippen LogP contribution in [0.2, 0.25) is 0 Å². The van der Waals surface area contributed by atoms with Gasteiger partial charge in [-0.3, -0.25) is 4.79 Å². The van der Waals surface area contributed by atoms with Crippen LogP contribution in [-0.2, 0) is 15.0 Å². The molecule has 2 unspecified atom stereocenters. The second-order valence-electron chi connectivity index (χ2n) is 6.32. The second kappa shape index (κ2) is 6.26. The van der Waals surface area contributed by atoms with Gasteiger partial charge in [-0.2, -0.15) is 17.0 Å². The normalized spacial score (nSPS) is 27.3. The lowest BCUT2D eigenvalue weighted by atomic mass is 9.99. The highest BCUT2D eigenvalue weighted by Gasteiger charge is 2.42. The van der Waals surface area contributed by atoms with Crippen LogP contribution in [0, 0.1) is 12.8 Å². The molecular formula is C15H23N3O4S. The predicted molar refractivity (Wildman–Crippen MR) is 84.5 cm³/mol. The van der Waals surface area contributed by atoms with Crippen LogP contribution in [0.15, 0.2) is 16.5 Å². The first kappa shape index (κ1) is 16.5. The highest BCUT2D eigenvalue weighted by Crippen LogP contribution is 2.36. The van der Waals surface area contributed by atoms with E-state index in [0.717, 1.165) is 18.6 Å². The van der Waals surface area contributed by atoms with Crippen molar-refractivity contribution in [3.05, 3.63) is 23.7 Å². The number of carbonyl (C=O) groups is 1. The summed E-state index contributed by atoms with van der Waals surface area (Å²) >= 11 is 0. The summed E-state index contributed by atoms with van der Waals surface area (Å²) < 4.78 is 34.6. The van der Waals surface area contributed by atoms with Gasteiger partial charge in [0.05, 0.1) is 12.0 Å². The first-order valence-electron chi connectivity index (χ1n) is 8.02. The highest BCUT2D eigenvalue weighted by molar-refractivity contribution is 7.86. The largest absolute Gasteiger partial charge is 0.465 e. The van der Waals surface area contributed by atoms with Crippen LogP contribution in [0.3, 0.4) is 0 Å². The Morgan fingerprint density at radius 2 is 2.00 bits per heavy atom. The number of hydrogen-bond acceptors (Lipinski definition) is 4. The van der Waals surface area contributed by atoms with Crippen molar-refractivity contribution in [1.82, 2.24) is 8.61 Å². The molecule has 2 fully saturated rings. The molecule has 1 aromatic rings. The van der Waals surface area contributed by atoms with Crippen LogP contribution in [0.5, 0.6) is 0 Å². The van der Waals surface area contributed by atoms with Gasteiger partial charge >= 0.3 is 0 Å². The van der Waals surface area contributed by atoms with Gasteiger partial charge < -0.3 is 10.2 Å². The van der Waals surface area contributed by atoms with Crippen molar-refractivity contribution in [2.45, 2.75) is 38.6 Å². The van der Waals surface area contributed by atoms with E-state index < -0.39 is 22.0 Å². The summed E-state index contributed by atoms with van der Waals surface area (Å²) in [5.41, 5.74) is 5.36. The molecule has 3 rings (SSSR count). The first-order valence-corrected chi connectivity index (χ1v) is 9.42. The Balaban J connectivity index is 1.82. The van der Waals surface area contributed by atoms with Gasteiger partial charge in [-0.25, -0.2) is 0 Å². The minimum Gasteiger partial charge on any atom is -0.465 e. The Kier molecular flexibility index (Phi) is 4.48. The van der Waals surface area contributed by atoms with Crippen molar-refractivity contribution in [1.29, 1.82) is 0 Å². The van der Waals surface area contributed by atoms with E-state index in [1.165, 1.54) is 8.61 Å². The lowest BCUT2D eigenvalue weighted by molar-refractivity contribution is -0.122. The summed E-state index contributed by atoms with van der Waals surface area (Å²) in [5, 5.41) is 0. The molecule has 3 heterocycles. The molecule has 23 heavy (non-hydrogen) atoms. The third-order valence-electron chi connectivity index (χ3n) is 4.70. The number of rotatable bonds is 4. The van der Waals surface area contributed by atoms with Crippen LogP contribution < -0.4 is 5.73 Å². The molecule has 0 aromatic carbocycles. The fourth-order valence-electron chi connectivity index (χ4n) is 3.47. The van der Waals surface area contributed by atoms with E-state index in [1.807, 2.05) is 19.1 Å². The van der Waals surface area contributed by atoms with E-state index in [2.05, 4.69) is 0 Å². The average molecular weight is 341 g/mol. The van der Waals surface area contributed by atoms with E-state index in [0.29, 0.717) is 31.7 Å². The smallest absolute Gasteiger partial charge is 0.282 e. The summed E-state index contributed by atoms with van der Waals surface area (Å²) in [4.78, 5) is 11.4. The van der Waals surface area contributed by atoms with Gasteiger partial charge in [0, 0.05) is 19.6 Å². The van der Waals surface area contributed by atoms with E-state index in [1.54, 1.807) is 0 Å². The zero-order valence-corrected chi connectivity index (χ0v) is 14.1. The molecule has 8 heteroatoms. The van der Waals surface area contributed by atoms with Crippen LogP contribution in [0.25, 0.3) is 0 Å². The number of carbonyl (C=O) groups excluding carboxylic acids is 1. The molecule has 0 aliphatic carbocycles. The van der Waals surface area contributed by atoms with Crippen LogP contribution >= 0.6 is 0 Å². The number of furan rings is 1. The van der Waals surface area contributed by atoms with Gasteiger partial charge in [0.15, 0.2) is 0 Å². The standard InChI is InChI=1S/C15H23N3O4S/c1-11-6-7-14(22-11)13-5-3-9-18(13)23(20,21)17-8-2-4-12(10-17)15(16)19/h6-7,12-13H,2-5,8-10H2,1H3,(H2,16,19). The maximum Gasteiger partial charge on any atom is 0.282 e. The maximum atomic E-state index is 13.0. The van der Waals surface area contributed by atoms with Crippen molar-refractivity contribution in [3.63, 3.8) is 0 Å². The summed E-state index contributed by atoms with van der Waals surface area (Å²) in [6.45, 7) is 2.94. The molecule has 1 amide bonds. The minimum absolute atomic E-state index is 0.179. The summed E-state index contributed by atoms with van der Waals surface area (Å²) in [5.74, 6) is 0.637. The molecule has 0 radical (unpaired) electrons. The van der Waals surface area contributed by atoms with E-state index >= 15 is 0 Å². The monoisotopic (exact) mass is 341 g/mol. The fraction of sp³-hybridized carbons (Fsp3) is 0.667. The number of hydrogen-bond donors (Lipinski definition) is 1. The molecular weight excluding hydrogens is 318 g/mol. The molecule has 1 aromatic heterocycles. The maximum absolute atomic E-state index is 13.0. The third kappa shape index (κ3) is 3.15. The Morgan fingerprint density at radius 3 is 2.65 bits per heavy atom. The van der Waals surface area contributed by atoms with Crippen LogP contribution in [0.4, 0.5) is 0 Å². The lowest BCUT2D eigenvalue weighted by Gasteiger charge is -2.34. The van der Waals surface area contributed by atoms with Gasteiger partial charge in [0.2, 0.25) is 5.91 Å². The summed E-state index contributed by atoms with van der Waals surface area (Å²) in [6.07, 6.45) is 2.86. The Bertz CT molecular complexity index is 685. The molecule has 2 aliphatic heterocycles. The number of primary amides is 1. The lowest BCUT2D eigenvalue weighted by Crippen LogP contribution is -2.49. The molecule has 7 nitrogen and oxygen atoms in total. The van der Waals surface area contributed by atoms with Crippen LogP contribution in [0.1, 0.15) is 43.2 Å². The molecule has 2 N–H and O–H groups in total. The highest BCUT2D eigenvalue weighted by atomic mass is 32.2. The second-order valence-corrected chi connectivity index (χ2v) is 8.21. The predicted octanol–water partition coefficient (Wildman–Crippen LogP) is 1.17. The van der Waals surface area contributed by atoms with Crippen molar-refractivity contribution in [2.75, 3.05) is 19.6 Å². The summed E-state index contributed by atoms with van der Waals surface area (Å²) in [6, 6.07) is 3.43. The van der Waals surface area contributed by atoms with Gasteiger partial charge in [0.1, 0.15) is 11.5 Å². The quantitative estimate of drug-likeness (QED) is 0.889. The minimum atomic E-state index is -3.62. The average Bonchev–Trinajstić information content (AvgIpc) is 3.16. The molecule has 2 saturated heterocycles. The molecule has 2 aliphatic rings. The van der Waals surface area contributed by atoms with Crippen molar-refractivity contribution in [3.8, 4) is 0 Å². The topological polar surface area (TPSA) is 96.9 Å². The SMILES string of the molecule is Cc1ccc(C2CCCN2S(=O)(=O)N2CCCC(C(N)=O)C2)o1. The molecule has 0 saturated carbocycles. The fourth-order valence-corrected chi connectivity index (χ4v) is 5.38. The van der Waals surface area contributed by atoms with Gasteiger partial charge in [-0.1, -0.05) is 0 Å². The van der Waals surface area contributed by atoms with E-state index in [-0.39, 0.29) is 12.6 Å². The Labute approximate surface area is 136 Å². The number of piperidine rings is 1. The third-order valence-corrected chi connectivity index (χ3v) is 6.72. The number of aryl methyl sites for hydroxylation is 1. The summed E-state index contributed by atoms with van der Waals surface area (Å²) in [7, 11) is -3.62. The molecule has 0 bridgehead atoms. The van der Waals surface area contributed by atoms with E-state index in [4.69, 9.17) is 10.2 Å². The van der Waals surface area contributed by atoms with Gasteiger partial charge in [-0.15, -0.1) is 0 Å². The molecule has 2 atom stereocenters. The first-order chi connectivity index (χ1) is 10.9.